The summed E-state index contributed by atoms with van der Waals surface area (Å²) in [6.07, 6.45) is -5.53. The largest absolute Gasteiger partial charge is 0.478 e. The van der Waals surface area contributed by atoms with Crippen LogP contribution in [0.2, 0.25) is 0 Å². The first-order chi connectivity index (χ1) is 49.6. The van der Waals surface area contributed by atoms with Crippen molar-refractivity contribution in [1.29, 1.82) is 0 Å². The van der Waals surface area contributed by atoms with Gasteiger partial charge in [0.05, 0.1) is 27.9 Å². The molecule has 5 N–H and O–H groups in total. The molecular weight excluding hydrogens is 1340 g/mol. The van der Waals surface area contributed by atoms with E-state index in [2.05, 4.69) is 27.8 Å². The fourth-order valence-electron chi connectivity index (χ4n) is 10.2. The standard InChI is InChI=1S/C23H18F3NO3.C23H20F3NO.C23H18F3NO.C16H15NO/c24-23(25,26)18-11-8-15(9-12-18)6-7-16-10-13-19(22(29)30)20(14-16)27-21(28)17-4-2-1-3-5-17;2*1-16-7-8-18(10-9-17-11-13-20(14-12-17)23(24,25)26)15-21(16)27-22(28)19-5-3-2-4-6-19;1-3-13-10-9-12(2)15(11-13)17-16(18)14-7-5-4-6-8-14/h1-5,8-14H,6-7H2,(H,27,28)(H,29,30);2-8,11-15H,9-10H2,1H3,(H,27,28);2-15H,1H3,(H,27,28);3-11H,1H2,2H3,(H,17,18)/b;;10-9+;. The molecule has 11 aromatic carbocycles. The van der Waals surface area contributed by atoms with Gasteiger partial charge in [0.2, 0.25) is 0 Å². The molecule has 0 bridgehead atoms. The van der Waals surface area contributed by atoms with Crippen LogP contribution in [0.5, 0.6) is 0 Å². The van der Waals surface area contributed by atoms with Crippen LogP contribution < -0.4 is 21.3 Å². The van der Waals surface area contributed by atoms with Gasteiger partial charge in [-0.2, -0.15) is 39.5 Å². The molecule has 0 aliphatic heterocycles. The number of carbonyl (C=O) groups is 5. The predicted molar refractivity (Wildman–Crippen MR) is 393 cm³/mol. The van der Waals surface area contributed by atoms with Gasteiger partial charge >= 0.3 is 24.5 Å². The molecule has 0 spiro atoms. The van der Waals surface area contributed by atoms with E-state index in [-0.39, 0.29) is 29.0 Å². The molecule has 0 atom stereocenters. The van der Waals surface area contributed by atoms with E-state index in [9.17, 15) is 68.6 Å². The Morgan fingerprint density at radius 3 is 0.952 bits per heavy atom. The maximum absolute atomic E-state index is 12.7. The van der Waals surface area contributed by atoms with Crippen LogP contribution in [-0.4, -0.2) is 34.7 Å². The van der Waals surface area contributed by atoms with E-state index in [1.807, 2.05) is 118 Å². The van der Waals surface area contributed by atoms with Crippen molar-refractivity contribution in [1.82, 2.24) is 0 Å². The highest BCUT2D eigenvalue weighted by Gasteiger charge is 2.32. The molecule has 0 aliphatic carbocycles. The zero-order valence-corrected chi connectivity index (χ0v) is 56.6. The highest BCUT2D eigenvalue weighted by molar-refractivity contribution is 6.08. The van der Waals surface area contributed by atoms with E-state index < -0.39 is 47.1 Å². The van der Waals surface area contributed by atoms with Gasteiger partial charge in [-0.15, -0.1) is 0 Å². The number of aryl methyl sites for hydroxylation is 7. The lowest BCUT2D eigenvalue weighted by Gasteiger charge is -2.12. The molecule has 530 valence electrons. The second-order valence-corrected chi connectivity index (χ2v) is 23.8. The number of carboxylic acids is 1. The second kappa shape index (κ2) is 36.3. The third kappa shape index (κ3) is 23.6. The Labute approximate surface area is 596 Å². The van der Waals surface area contributed by atoms with E-state index in [1.54, 1.807) is 109 Å². The van der Waals surface area contributed by atoms with Crippen molar-refractivity contribution in [3.05, 3.63) is 374 Å². The fraction of sp³-hybridized carbons (Fsp3) is 0.118. The van der Waals surface area contributed by atoms with E-state index >= 15 is 0 Å². The number of benzene rings is 11. The van der Waals surface area contributed by atoms with Crippen molar-refractivity contribution in [2.24, 2.45) is 0 Å². The molecule has 4 amide bonds. The Morgan fingerprint density at radius 2 is 0.596 bits per heavy atom. The number of halogens is 9. The Balaban J connectivity index is 0.000000178. The summed E-state index contributed by atoms with van der Waals surface area (Å²) in [6, 6.07) is 72.4. The van der Waals surface area contributed by atoms with E-state index in [1.165, 1.54) is 42.5 Å². The van der Waals surface area contributed by atoms with Crippen LogP contribution in [0.3, 0.4) is 0 Å². The number of nitrogens with one attached hydrogen (secondary N) is 4. The predicted octanol–water partition coefficient (Wildman–Crippen LogP) is 21.8. The van der Waals surface area contributed by atoms with Gasteiger partial charge < -0.3 is 26.4 Å². The first kappa shape index (κ1) is 77.4. The first-order valence-electron chi connectivity index (χ1n) is 32.5. The average molecular weight is 1420 g/mol. The maximum Gasteiger partial charge on any atom is 0.416 e. The van der Waals surface area contributed by atoms with Gasteiger partial charge in [0.25, 0.3) is 23.6 Å². The average Bonchev–Trinajstić information content (AvgIpc) is 0.838. The highest BCUT2D eigenvalue weighted by atomic mass is 19.4. The summed E-state index contributed by atoms with van der Waals surface area (Å²) < 4.78 is 114. The smallest absolute Gasteiger partial charge is 0.416 e. The molecule has 104 heavy (non-hydrogen) atoms. The Bertz CT molecular complexity index is 4760. The van der Waals surface area contributed by atoms with Gasteiger partial charge in [-0.1, -0.05) is 176 Å². The quantitative estimate of drug-likeness (QED) is 0.0426. The Kier molecular flexibility index (Phi) is 27.0. The molecule has 19 heteroatoms. The number of anilines is 4. The zero-order valence-electron chi connectivity index (χ0n) is 56.6. The summed E-state index contributed by atoms with van der Waals surface area (Å²) in [4.78, 5) is 60.6. The summed E-state index contributed by atoms with van der Waals surface area (Å²) in [5, 5.41) is 20.8. The first-order valence-corrected chi connectivity index (χ1v) is 32.5. The van der Waals surface area contributed by atoms with E-state index in [0.29, 0.717) is 59.2 Å². The fourth-order valence-corrected chi connectivity index (χ4v) is 10.2. The molecule has 0 fully saturated rings. The van der Waals surface area contributed by atoms with Crippen LogP contribution in [-0.2, 0) is 44.2 Å². The summed E-state index contributed by atoms with van der Waals surface area (Å²) in [6.45, 7) is 9.50. The third-order valence-corrected chi connectivity index (χ3v) is 16.2. The Hall–Kier alpha value is -12.4. The van der Waals surface area contributed by atoms with Crippen LogP contribution in [0.4, 0.5) is 62.3 Å². The number of hydrogen-bond donors (Lipinski definition) is 5. The molecule has 11 aromatic rings. The SMILES string of the molecule is C=Cc1ccc(C)c(NC(=O)c2ccccc2)c1.Cc1ccc(/C=C/c2ccc(C(F)(F)F)cc2)cc1NC(=O)c1ccccc1.Cc1ccc(CCc2ccc(C(F)(F)F)cc2)cc1NC(=O)c1ccccc1.O=C(Nc1cc(CCc2ccc(C(F)(F)F)cc2)ccc1C(=O)O)c1ccccc1. The van der Waals surface area contributed by atoms with Gasteiger partial charge in [-0.3, -0.25) is 19.2 Å². The number of aromatic carboxylic acids is 1. The van der Waals surface area contributed by atoms with Gasteiger partial charge in [0.1, 0.15) is 0 Å². The number of carbonyl (C=O) groups excluding carboxylic acids is 4. The van der Waals surface area contributed by atoms with Gasteiger partial charge in [0.15, 0.2) is 0 Å². The van der Waals surface area contributed by atoms with Crippen molar-refractivity contribution < 1.29 is 68.6 Å². The van der Waals surface area contributed by atoms with Crippen LogP contribution in [0.15, 0.2) is 273 Å². The van der Waals surface area contributed by atoms with Gasteiger partial charge in [-0.05, 0) is 217 Å². The molecular formula is C85H71F9N4O6. The van der Waals surface area contributed by atoms with Crippen LogP contribution in [0.25, 0.3) is 18.2 Å². The maximum atomic E-state index is 12.7. The summed E-state index contributed by atoms with van der Waals surface area (Å²) in [5.41, 5.74) is 11.2. The summed E-state index contributed by atoms with van der Waals surface area (Å²) >= 11 is 0. The van der Waals surface area contributed by atoms with E-state index in [4.69, 9.17) is 0 Å². The topological polar surface area (TPSA) is 154 Å². The lowest BCUT2D eigenvalue weighted by molar-refractivity contribution is -0.138. The lowest BCUT2D eigenvalue weighted by Crippen LogP contribution is -2.15. The van der Waals surface area contributed by atoms with Crippen LogP contribution >= 0.6 is 0 Å². The molecule has 0 aliphatic rings. The van der Waals surface area contributed by atoms with Crippen LogP contribution in [0.1, 0.15) is 124 Å². The number of carboxylic acid groups (broad SMARTS) is 1. The molecule has 0 unspecified atom stereocenters. The van der Waals surface area contributed by atoms with Crippen molar-refractivity contribution in [3.8, 4) is 0 Å². The normalized spacial score (nSPS) is 11.1. The number of alkyl halides is 9. The molecule has 0 radical (unpaired) electrons. The second-order valence-electron chi connectivity index (χ2n) is 23.8. The minimum atomic E-state index is -4.38. The number of rotatable bonds is 18. The van der Waals surface area contributed by atoms with E-state index in [0.717, 1.165) is 97.8 Å². The molecule has 0 aromatic heterocycles. The highest BCUT2D eigenvalue weighted by Crippen LogP contribution is 2.33. The van der Waals surface area contributed by atoms with Crippen molar-refractivity contribution in [2.75, 3.05) is 21.3 Å². The summed E-state index contributed by atoms with van der Waals surface area (Å²) in [5.74, 6) is -2.08. The lowest BCUT2D eigenvalue weighted by atomic mass is 10.0. The monoisotopic (exact) mass is 1410 g/mol. The molecule has 0 heterocycles. The van der Waals surface area contributed by atoms with Gasteiger partial charge in [-0.25, -0.2) is 4.79 Å². The third-order valence-electron chi connectivity index (χ3n) is 16.2. The number of amides is 4. The number of hydrogen-bond acceptors (Lipinski definition) is 5. The van der Waals surface area contributed by atoms with Crippen molar-refractivity contribution in [3.63, 3.8) is 0 Å². The molecule has 0 saturated heterocycles. The Morgan fingerprint density at radius 1 is 0.327 bits per heavy atom. The van der Waals surface area contributed by atoms with Crippen LogP contribution in [0, 0.1) is 20.8 Å². The van der Waals surface area contributed by atoms with Crippen molar-refractivity contribution in [2.45, 2.75) is 65.0 Å². The molecule has 11 rings (SSSR count). The molecule has 10 nitrogen and oxygen atoms in total. The van der Waals surface area contributed by atoms with Crippen molar-refractivity contribution >= 4 is 70.6 Å². The summed E-state index contributed by atoms with van der Waals surface area (Å²) in [7, 11) is 0. The zero-order chi connectivity index (χ0) is 75.0. The minimum absolute atomic E-state index is 0.0439. The molecule has 0 saturated carbocycles. The van der Waals surface area contributed by atoms with Gasteiger partial charge in [0, 0.05) is 39.3 Å². The minimum Gasteiger partial charge on any atom is -0.478 e.